The summed E-state index contributed by atoms with van der Waals surface area (Å²) < 4.78 is 31.4. The third kappa shape index (κ3) is 4.27. The fraction of sp³-hybridized carbons (Fsp3) is 0.350. The molecule has 6 nitrogen and oxygen atoms in total. The van der Waals surface area contributed by atoms with Gasteiger partial charge in [0.25, 0.3) is 5.91 Å². The summed E-state index contributed by atoms with van der Waals surface area (Å²) >= 11 is 0. The van der Waals surface area contributed by atoms with E-state index in [-0.39, 0.29) is 5.91 Å². The first-order valence-corrected chi connectivity index (χ1v) is 9.01. The van der Waals surface area contributed by atoms with E-state index < -0.39 is 6.55 Å². The standard InChI is InChI=1S/C20H22F2N4O2/c1-12-18(11-26(24-12)20(21)22)15-6-4-7-16(10-15)19(27)23-9-5-8-17-13(2)25-28-14(17)3/h4,6-7,10-11,20H,5,8-9H2,1-3H3,(H,23,27). The minimum atomic E-state index is -2.70. The Morgan fingerprint density at radius 2 is 2.04 bits per heavy atom. The van der Waals surface area contributed by atoms with E-state index in [1.54, 1.807) is 31.2 Å². The zero-order valence-corrected chi connectivity index (χ0v) is 16.0. The zero-order valence-electron chi connectivity index (χ0n) is 16.0. The Balaban J connectivity index is 1.62. The predicted molar refractivity (Wildman–Crippen MR) is 100 cm³/mol. The van der Waals surface area contributed by atoms with E-state index in [2.05, 4.69) is 15.6 Å². The van der Waals surface area contributed by atoms with Crippen molar-refractivity contribution in [2.75, 3.05) is 6.54 Å². The summed E-state index contributed by atoms with van der Waals surface area (Å²) in [6.45, 7) is 3.24. The van der Waals surface area contributed by atoms with Gasteiger partial charge in [0.1, 0.15) is 5.76 Å². The van der Waals surface area contributed by atoms with Gasteiger partial charge in [0.05, 0.1) is 11.4 Å². The highest BCUT2D eigenvalue weighted by Crippen LogP contribution is 2.25. The first-order chi connectivity index (χ1) is 13.4. The van der Waals surface area contributed by atoms with E-state index in [1.165, 1.54) is 6.20 Å². The summed E-state index contributed by atoms with van der Waals surface area (Å²) in [5.41, 5.74) is 4.15. The van der Waals surface area contributed by atoms with E-state index in [9.17, 15) is 13.6 Å². The molecule has 3 rings (SSSR count). The maximum atomic E-state index is 12.8. The highest BCUT2D eigenvalue weighted by atomic mass is 19.3. The lowest BCUT2D eigenvalue weighted by molar-refractivity contribution is 0.0563. The van der Waals surface area contributed by atoms with Crippen LogP contribution in [0.4, 0.5) is 8.78 Å². The summed E-state index contributed by atoms with van der Waals surface area (Å²) in [4.78, 5) is 12.4. The number of alkyl halides is 2. The number of aromatic nitrogens is 3. The minimum Gasteiger partial charge on any atom is -0.361 e. The summed E-state index contributed by atoms with van der Waals surface area (Å²) in [7, 11) is 0. The Hall–Kier alpha value is -3.03. The van der Waals surface area contributed by atoms with Crippen molar-refractivity contribution >= 4 is 5.91 Å². The lowest BCUT2D eigenvalue weighted by Crippen LogP contribution is -2.24. The molecule has 0 atom stereocenters. The van der Waals surface area contributed by atoms with E-state index in [4.69, 9.17) is 4.52 Å². The average Bonchev–Trinajstić information content (AvgIpc) is 3.22. The number of halogens is 2. The Bertz CT molecular complexity index is 959. The molecule has 2 aromatic heterocycles. The highest BCUT2D eigenvalue weighted by molar-refractivity contribution is 5.95. The van der Waals surface area contributed by atoms with Gasteiger partial charge >= 0.3 is 6.55 Å². The van der Waals surface area contributed by atoms with Crippen LogP contribution in [-0.4, -0.2) is 27.4 Å². The fourth-order valence-electron chi connectivity index (χ4n) is 3.12. The minimum absolute atomic E-state index is 0.209. The Morgan fingerprint density at radius 1 is 1.25 bits per heavy atom. The Morgan fingerprint density at radius 3 is 2.68 bits per heavy atom. The largest absolute Gasteiger partial charge is 0.361 e. The number of amides is 1. The number of rotatable bonds is 7. The second-order valence-corrected chi connectivity index (χ2v) is 6.63. The van der Waals surface area contributed by atoms with E-state index in [0.29, 0.717) is 33.6 Å². The predicted octanol–water partition coefficient (Wildman–Crippen LogP) is 4.22. The van der Waals surface area contributed by atoms with Crippen LogP contribution in [0.3, 0.4) is 0 Å². The number of benzene rings is 1. The van der Waals surface area contributed by atoms with Gasteiger partial charge in [0, 0.05) is 29.4 Å². The monoisotopic (exact) mass is 388 g/mol. The molecular formula is C20H22F2N4O2. The van der Waals surface area contributed by atoms with E-state index in [0.717, 1.165) is 29.9 Å². The van der Waals surface area contributed by atoms with E-state index in [1.807, 2.05) is 13.8 Å². The third-order valence-electron chi connectivity index (χ3n) is 4.62. The lowest BCUT2D eigenvalue weighted by atomic mass is 10.0. The van der Waals surface area contributed by atoms with Crippen molar-refractivity contribution in [2.24, 2.45) is 0 Å². The summed E-state index contributed by atoms with van der Waals surface area (Å²) in [5.74, 6) is 0.593. The van der Waals surface area contributed by atoms with Crippen molar-refractivity contribution in [3.8, 4) is 11.1 Å². The number of hydrogen-bond donors (Lipinski definition) is 1. The molecule has 0 aliphatic carbocycles. The van der Waals surface area contributed by atoms with Crippen LogP contribution in [0.1, 0.15) is 46.0 Å². The molecule has 0 fully saturated rings. The molecule has 0 unspecified atom stereocenters. The molecule has 0 aliphatic heterocycles. The van der Waals surface area contributed by atoms with Gasteiger partial charge in [0.2, 0.25) is 0 Å². The van der Waals surface area contributed by atoms with Crippen molar-refractivity contribution in [1.82, 2.24) is 20.3 Å². The second-order valence-electron chi connectivity index (χ2n) is 6.63. The zero-order chi connectivity index (χ0) is 20.3. The molecule has 0 bridgehead atoms. The van der Waals surface area contributed by atoms with Crippen molar-refractivity contribution in [3.05, 3.63) is 58.7 Å². The van der Waals surface area contributed by atoms with Crippen LogP contribution in [0, 0.1) is 20.8 Å². The molecule has 3 aromatic rings. The van der Waals surface area contributed by atoms with Gasteiger partial charge in [-0.1, -0.05) is 17.3 Å². The first kappa shape index (κ1) is 19.7. The number of carbonyl (C=O) groups excluding carboxylic acids is 1. The van der Waals surface area contributed by atoms with Crippen LogP contribution in [0.25, 0.3) is 11.1 Å². The molecule has 0 saturated heterocycles. The number of nitrogens with one attached hydrogen (secondary N) is 1. The van der Waals surface area contributed by atoms with Crippen LogP contribution < -0.4 is 5.32 Å². The number of nitrogens with zero attached hydrogens (tertiary/aromatic N) is 3. The smallest absolute Gasteiger partial charge is 0.333 e. The maximum Gasteiger partial charge on any atom is 0.333 e. The molecule has 28 heavy (non-hydrogen) atoms. The van der Waals surface area contributed by atoms with Gasteiger partial charge in [-0.15, -0.1) is 0 Å². The number of aryl methyl sites for hydroxylation is 3. The highest BCUT2D eigenvalue weighted by Gasteiger charge is 2.14. The lowest BCUT2D eigenvalue weighted by Gasteiger charge is -2.07. The molecule has 1 amide bonds. The van der Waals surface area contributed by atoms with Gasteiger partial charge < -0.3 is 9.84 Å². The summed E-state index contributed by atoms with van der Waals surface area (Å²) in [6, 6.07) is 6.88. The van der Waals surface area contributed by atoms with Gasteiger partial charge in [-0.05, 0) is 51.3 Å². The molecule has 1 N–H and O–H groups in total. The van der Waals surface area contributed by atoms with Crippen molar-refractivity contribution < 1.29 is 18.1 Å². The fourth-order valence-corrected chi connectivity index (χ4v) is 3.12. The Labute approximate surface area is 161 Å². The molecule has 0 radical (unpaired) electrons. The van der Waals surface area contributed by atoms with Gasteiger partial charge in [-0.3, -0.25) is 4.79 Å². The SMILES string of the molecule is Cc1nn(C(F)F)cc1-c1cccc(C(=O)NCCCc2c(C)noc2C)c1. The quantitative estimate of drug-likeness (QED) is 0.615. The van der Waals surface area contributed by atoms with Crippen molar-refractivity contribution in [3.63, 3.8) is 0 Å². The molecule has 1 aromatic carbocycles. The van der Waals surface area contributed by atoms with Crippen LogP contribution in [0.2, 0.25) is 0 Å². The van der Waals surface area contributed by atoms with Gasteiger partial charge in [-0.2, -0.15) is 13.9 Å². The molecule has 148 valence electrons. The van der Waals surface area contributed by atoms with Crippen LogP contribution in [-0.2, 0) is 6.42 Å². The molecule has 8 heteroatoms. The summed E-state index contributed by atoms with van der Waals surface area (Å²) in [5, 5.41) is 10.6. The second kappa shape index (κ2) is 8.33. The van der Waals surface area contributed by atoms with Crippen LogP contribution in [0.5, 0.6) is 0 Å². The Kier molecular flexibility index (Phi) is 5.87. The van der Waals surface area contributed by atoms with E-state index >= 15 is 0 Å². The van der Waals surface area contributed by atoms with Crippen LogP contribution >= 0.6 is 0 Å². The number of hydrogen-bond acceptors (Lipinski definition) is 4. The maximum absolute atomic E-state index is 12.8. The third-order valence-corrected chi connectivity index (χ3v) is 4.62. The number of carbonyl (C=O) groups is 1. The summed E-state index contributed by atoms with van der Waals surface area (Å²) in [6.07, 6.45) is 2.82. The molecule has 0 spiro atoms. The topological polar surface area (TPSA) is 73.0 Å². The average molecular weight is 388 g/mol. The first-order valence-electron chi connectivity index (χ1n) is 9.01. The normalized spacial score (nSPS) is 11.2. The molecule has 2 heterocycles. The van der Waals surface area contributed by atoms with Crippen molar-refractivity contribution in [1.29, 1.82) is 0 Å². The molecular weight excluding hydrogens is 366 g/mol. The van der Waals surface area contributed by atoms with Crippen LogP contribution in [0.15, 0.2) is 35.0 Å². The van der Waals surface area contributed by atoms with Gasteiger partial charge in [0.15, 0.2) is 0 Å². The van der Waals surface area contributed by atoms with Gasteiger partial charge in [-0.25, -0.2) is 4.68 Å². The van der Waals surface area contributed by atoms with Crippen molar-refractivity contribution in [2.45, 2.75) is 40.2 Å². The molecule has 0 aliphatic rings. The molecule has 0 saturated carbocycles.